The molecule has 172 valence electrons. The van der Waals surface area contributed by atoms with Crippen LogP contribution in [-0.4, -0.2) is 43.7 Å². The summed E-state index contributed by atoms with van der Waals surface area (Å²) in [5.74, 6) is -0.834. The highest BCUT2D eigenvalue weighted by Gasteiger charge is 2.32. The van der Waals surface area contributed by atoms with Gasteiger partial charge in [-0.2, -0.15) is 4.31 Å². The summed E-state index contributed by atoms with van der Waals surface area (Å²) in [4.78, 5) is 25.4. The first kappa shape index (κ1) is 23.9. The molecule has 1 aliphatic rings. The molecule has 0 spiro atoms. The van der Waals surface area contributed by atoms with Crippen LogP contribution in [-0.2, 0) is 19.6 Å². The summed E-state index contributed by atoms with van der Waals surface area (Å²) >= 11 is 0. The standard InChI is InChI=1S/C24H31N3O4S/c1-16-5-7-22(8-6-16)32(30,31)27-11-9-20(10-12-27)24(29)25-19(4)23(28)26-21-14-17(2)13-18(3)15-21/h5-8,13-15,19-20H,9-12H2,1-4H3,(H,25,29)(H,26,28)/t19-/m1/s1. The number of aryl methyl sites for hydroxylation is 3. The van der Waals surface area contributed by atoms with Crippen LogP contribution in [0, 0.1) is 26.7 Å². The minimum Gasteiger partial charge on any atom is -0.344 e. The number of hydrogen-bond acceptors (Lipinski definition) is 4. The maximum Gasteiger partial charge on any atom is 0.246 e. The number of rotatable bonds is 6. The molecule has 32 heavy (non-hydrogen) atoms. The largest absolute Gasteiger partial charge is 0.344 e. The zero-order chi connectivity index (χ0) is 23.5. The molecule has 3 rings (SSSR count). The Morgan fingerprint density at radius 1 is 0.938 bits per heavy atom. The van der Waals surface area contributed by atoms with Crippen LogP contribution in [0.3, 0.4) is 0 Å². The third-order valence-corrected chi connectivity index (χ3v) is 7.64. The molecule has 1 fully saturated rings. The Kier molecular flexibility index (Phi) is 7.36. The SMILES string of the molecule is Cc1ccc(S(=O)(=O)N2CCC(C(=O)N[C@H](C)C(=O)Nc3cc(C)cc(C)c3)CC2)cc1. The molecule has 1 saturated heterocycles. The van der Waals surface area contributed by atoms with Crippen LogP contribution in [0.1, 0.15) is 36.5 Å². The van der Waals surface area contributed by atoms with Crippen molar-refractivity contribution < 1.29 is 18.0 Å². The van der Waals surface area contributed by atoms with Crippen LogP contribution in [0.2, 0.25) is 0 Å². The highest BCUT2D eigenvalue weighted by Crippen LogP contribution is 2.24. The van der Waals surface area contributed by atoms with E-state index in [9.17, 15) is 18.0 Å². The summed E-state index contributed by atoms with van der Waals surface area (Å²) in [5, 5.41) is 5.61. The molecule has 1 atom stereocenters. The average Bonchev–Trinajstić information content (AvgIpc) is 2.73. The van der Waals surface area contributed by atoms with Crippen molar-refractivity contribution in [1.82, 2.24) is 9.62 Å². The summed E-state index contributed by atoms with van der Waals surface area (Å²) in [6, 6.07) is 11.9. The second-order valence-corrected chi connectivity index (χ2v) is 10.5. The van der Waals surface area contributed by atoms with Crippen LogP contribution in [0.15, 0.2) is 47.4 Å². The number of hydrogen-bond donors (Lipinski definition) is 2. The van der Waals surface area contributed by atoms with E-state index < -0.39 is 16.1 Å². The molecule has 0 radical (unpaired) electrons. The maximum absolute atomic E-state index is 12.8. The fourth-order valence-electron chi connectivity index (χ4n) is 3.91. The maximum atomic E-state index is 12.8. The van der Waals surface area contributed by atoms with Gasteiger partial charge in [-0.25, -0.2) is 8.42 Å². The van der Waals surface area contributed by atoms with Crippen molar-refractivity contribution in [2.24, 2.45) is 5.92 Å². The molecule has 2 amide bonds. The highest BCUT2D eigenvalue weighted by molar-refractivity contribution is 7.89. The van der Waals surface area contributed by atoms with E-state index in [1.165, 1.54) is 4.31 Å². The molecule has 8 heteroatoms. The molecular weight excluding hydrogens is 426 g/mol. The predicted molar refractivity (Wildman–Crippen MR) is 125 cm³/mol. The minimum absolute atomic E-state index is 0.222. The Labute approximate surface area is 190 Å². The first-order valence-electron chi connectivity index (χ1n) is 10.8. The molecule has 7 nitrogen and oxygen atoms in total. The van der Waals surface area contributed by atoms with Crippen molar-refractivity contribution in [3.63, 3.8) is 0 Å². The fraction of sp³-hybridized carbons (Fsp3) is 0.417. The van der Waals surface area contributed by atoms with Gasteiger partial charge in [-0.05, 0) is 75.9 Å². The monoisotopic (exact) mass is 457 g/mol. The molecule has 0 aliphatic carbocycles. The molecule has 0 unspecified atom stereocenters. The van der Waals surface area contributed by atoms with Gasteiger partial charge in [0.1, 0.15) is 6.04 Å². The van der Waals surface area contributed by atoms with E-state index in [2.05, 4.69) is 10.6 Å². The number of anilines is 1. The fourth-order valence-corrected chi connectivity index (χ4v) is 5.38. The van der Waals surface area contributed by atoms with Crippen LogP contribution in [0.4, 0.5) is 5.69 Å². The third kappa shape index (κ3) is 5.75. The molecule has 1 aliphatic heterocycles. The quantitative estimate of drug-likeness (QED) is 0.697. The van der Waals surface area contributed by atoms with Crippen LogP contribution < -0.4 is 10.6 Å². The Hall–Kier alpha value is -2.71. The summed E-state index contributed by atoms with van der Waals surface area (Å²) in [7, 11) is -3.57. The molecule has 0 aromatic heterocycles. The van der Waals surface area contributed by atoms with Crippen LogP contribution >= 0.6 is 0 Å². The van der Waals surface area contributed by atoms with E-state index in [4.69, 9.17) is 0 Å². The van der Waals surface area contributed by atoms with Crippen LogP contribution in [0.5, 0.6) is 0 Å². The van der Waals surface area contributed by atoms with Crippen molar-refractivity contribution in [3.05, 3.63) is 59.2 Å². The number of nitrogens with one attached hydrogen (secondary N) is 2. The van der Waals surface area contributed by atoms with Gasteiger partial charge in [-0.3, -0.25) is 9.59 Å². The zero-order valence-corrected chi connectivity index (χ0v) is 19.8. The van der Waals surface area contributed by atoms with Gasteiger partial charge in [0.05, 0.1) is 4.90 Å². The Morgan fingerprint density at radius 3 is 2.06 bits per heavy atom. The lowest BCUT2D eigenvalue weighted by Crippen LogP contribution is -2.47. The topological polar surface area (TPSA) is 95.6 Å². The lowest BCUT2D eigenvalue weighted by Gasteiger charge is -2.31. The minimum atomic E-state index is -3.57. The normalized spacial score (nSPS) is 16.4. The molecule has 0 bridgehead atoms. The van der Waals surface area contributed by atoms with Crippen molar-refractivity contribution in [2.45, 2.75) is 51.5 Å². The smallest absolute Gasteiger partial charge is 0.246 e. The van der Waals surface area contributed by atoms with E-state index in [0.717, 1.165) is 16.7 Å². The number of amides is 2. The number of benzene rings is 2. The van der Waals surface area contributed by atoms with Gasteiger partial charge in [0.25, 0.3) is 0 Å². The first-order chi connectivity index (χ1) is 15.1. The summed E-state index contributed by atoms with van der Waals surface area (Å²) < 4.78 is 27.1. The number of sulfonamides is 1. The second-order valence-electron chi connectivity index (χ2n) is 8.59. The number of nitrogens with zero attached hydrogens (tertiary/aromatic N) is 1. The molecule has 0 saturated carbocycles. The first-order valence-corrected chi connectivity index (χ1v) is 12.3. The van der Waals surface area contributed by atoms with E-state index >= 15 is 0 Å². The zero-order valence-electron chi connectivity index (χ0n) is 19.0. The van der Waals surface area contributed by atoms with Gasteiger partial charge < -0.3 is 10.6 Å². The molecule has 2 aromatic rings. The molecule has 2 aromatic carbocycles. The van der Waals surface area contributed by atoms with E-state index in [-0.39, 0.29) is 35.7 Å². The van der Waals surface area contributed by atoms with Crippen molar-refractivity contribution >= 4 is 27.5 Å². The average molecular weight is 458 g/mol. The third-order valence-electron chi connectivity index (χ3n) is 5.72. The Morgan fingerprint density at radius 2 is 1.50 bits per heavy atom. The Bertz CT molecular complexity index is 1070. The summed E-state index contributed by atoms with van der Waals surface area (Å²) in [6.07, 6.45) is 0.838. The number of carbonyl (C=O) groups is 2. The van der Waals surface area contributed by atoms with Crippen molar-refractivity contribution in [3.8, 4) is 0 Å². The van der Waals surface area contributed by atoms with Gasteiger partial charge >= 0.3 is 0 Å². The van der Waals surface area contributed by atoms with Gasteiger partial charge in [0.2, 0.25) is 21.8 Å². The lowest BCUT2D eigenvalue weighted by molar-refractivity contribution is -0.129. The van der Waals surface area contributed by atoms with E-state index in [1.807, 2.05) is 39.0 Å². The summed E-state index contributed by atoms with van der Waals surface area (Å²) in [5.41, 5.74) is 3.78. The number of carbonyl (C=O) groups excluding carboxylic acids is 2. The van der Waals surface area contributed by atoms with E-state index in [1.54, 1.807) is 31.2 Å². The van der Waals surface area contributed by atoms with Crippen molar-refractivity contribution in [2.75, 3.05) is 18.4 Å². The second kappa shape index (κ2) is 9.83. The lowest BCUT2D eigenvalue weighted by atomic mass is 9.97. The van der Waals surface area contributed by atoms with Gasteiger partial charge in [0.15, 0.2) is 0 Å². The predicted octanol–water partition coefficient (Wildman–Crippen LogP) is 3.16. The van der Waals surface area contributed by atoms with Gasteiger partial charge in [-0.15, -0.1) is 0 Å². The van der Waals surface area contributed by atoms with Crippen LogP contribution in [0.25, 0.3) is 0 Å². The summed E-state index contributed by atoms with van der Waals surface area (Å²) in [6.45, 7) is 8.02. The van der Waals surface area contributed by atoms with Crippen molar-refractivity contribution in [1.29, 1.82) is 0 Å². The molecule has 1 heterocycles. The number of piperidine rings is 1. The van der Waals surface area contributed by atoms with Gasteiger partial charge in [-0.1, -0.05) is 23.8 Å². The highest BCUT2D eigenvalue weighted by atomic mass is 32.2. The molecular formula is C24H31N3O4S. The van der Waals surface area contributed by atoms with E-state index in [0.29, 0.717) is 18.5 Å². The van der Waals surface area contributed by atoms with Gasteiger partial charge in [0, 0.05) is 24.7 Å². The Balaban J connectivity index is 1.53. The molecule has 2 N–H and O–H groups in total.